The summed E-state index contributed by atoms with van der Waals surface area (Å²) < 4.78 is 27.9. The van der Waals surface area contributed by atoms with Crippen molar-refractivity contribution in [3.63, 3.8) is 0 Å². The number of rotatable bonds is 3. The van der Waals surface area contributed by atoms with Gasteiger partial charge in [0.05, 0.1) is 17.2 Å². The zero-order valence-corrected chi connectivity index (χ0v) is 12.5. The molecule has 0 radical (unpaired) electrons. The number of pyridine rings is 1. The summed E-state index contributed by atoms with van der Waals surface area (Å²) in [6.45, 7) is 3.74. The molecule has 7 heteroatoms. The normalized spacial score (nSPS) is 11.2. The molecular formula is C16H14F2N4O. The summed E-state index contributed by atoms with van der Waals surface area (Å²) in [5.41, 5.74) is 1.09. The number of hydrogen-bond acceptors (Lipinski definition) is 4. The summed E-state index contributed by atoms with van der Waals surface area (Å²) in [6.07, 6.45) is 3.15. The van der Waals surface area contributed by atoms with Crippen LogP contribution in [0.3, 0.4) is 0 Å². The van der Waals surface area contributed by atoms with Gasteiger partial charge in [-0.15, -0.1) is 0 Å². The molecule has 0 saturated heterocycles. The van der Waals surface area contributed by atoms with Gasteiger partial charge < -0.3 is 5.32 Å². The van der Waals surface area contributed by atoms with Crippen molar-refractivity contribution >= 4 is 22.5 Å². The average molecular weight is 316 g/mol. The zero-order valence-electron chi connectivity index (χ0n) is 12.5. The summed E-state index contributed by atoms with van der Waals surface area (Å²) in [5, 5.41) is 2.76. The maximum Gasteiger partial charge on any atom is 0.294 e. The molecule has 5 nitrogen and oxygen atoms in total. The van der Waals surface area contributed by atoms with Crippen LogP contribution in [0.2, 0.25) is 0 Å². The van der Waals surface area contributed by atoms with E-state index in [0.29, 0.717) is 11.0 Å². The van der Waals surface area contributed by atoms with Gasteiger partial charge in [0.1, 0.15) is 0 Å². The number of anilines is 2. The predicted octanol–water partition coefficient (Wildman–Crippen LogP) is 3.39. The second kappa shape index (κ2) is 5.75. The summed E-state index contributed by atoms with van der Waals surface area (Å²) in [6, 6.07) is 4.89. The van der Waals surface area contributed by atoms with Crippen LogP contribution in [0.15, 0.2) is 41.5 Å². The molecule has 0 aliphatic carbocycles. The van der Waals surface area contributed by atoms with Crippen LogP contribution in [0.25, 0.3) is 11.0 Å². The number of fused-ring (bicyclic) bond motifs is 1. The van der Waals surface area contributed by atoms with Crippen molar-refractivity contribution in [3.05, 3.63) is 58.6 Å². The fraction of sp³-hybridized carbons (Fsp3) is 0.188. The number of nitrogens with zero attached hydrogens (tertiary/aromatic N) is 3. The largest absolute Gasteiger partial charge is 0.335 e. The van der Waals surface area contributed by atoms with Gasteiger partial charge in [-0.05, 0) is 32.0 Å². The van der Waals surface area contributed by atoms with E-state index < -0.39 is 11.6 Å². The number of halogens is 2. The molecule has 0 aliphatic heterocycles. The van der Waals surface area contributed by atoms with Gasteiger partial charge in [0, 0.05) is 24.0 Å². The average Bonchev–Trinajstić information content (AvgIpc) is 2.51. The van der Waals surface area contributed by atoms with Crippen molar-refractivity contribution in [2.24, 2.45) is 0 Å². The van der Waals surface area contributed by atoms with Gasteiger partial charge in [-0.1, -0.05) is 0 Å². The summed E-state index contributed by atoms with van der Waals surface area (Å²) in [4.78, 5) is 20.9. The first-order chi connectivity index (χ1) is 11.0. The third-order valence-electron chi connectivity index (χ3n) is 3.39. The van der Waals surface area contributed by atoms with E-state index in [1.807, 2.05) is 13.8 Å². The molecule has 2 heterocycles. The lowest BCUT2D eigenvalue weighted by molar-refractivity contribution is 0.509. The van der Waals surface area contributed by atoms with Crippen molar-refractivity contribution in [3.8, 4) is 0 Å². The maximum atomic E-state index is 13.3. The molecule has 118 valence electrons. The second-order valence-corrected chi connectivity index (χ2v) is 5.35. The van der Waals surface area contributed by atoms with E-state index in [9.17, 15) is 13.6 Å². The Bertz CT molecular complexity index is 937. The van der Waals surface area contributed by atoms with Crippen molar-refractivity contribution in [1.29, 1.82) is 0 Å². The Balaban J connectivity index is 2.15. The molecule has 3 aromatic rings. The Kier molecular flexibility index (Phi) is 3.77. The van der Waals surface area contributed by atoms with Crippen LogP contribution in [-0.2, 0) is 0 Å². The smallest absolute Gasteiger partial charge is 0.294 e. The third kappa shape index (κ3) is 2.77. The van der Waals surface area contributed by atoms with Crippen LogP contribution in [0.1, 0.15) is 19.9 Å². The first-order valence-corrected chi connectivity index (χ1v) is 7.05. The Morgan fingerprint density at radius 2 is 1.96 bits per heavy atom. The molecule has 0 fully saturated rings. The third-order valence-corrected chi connectivity index (χ3v) is 3.39. The SMILES string of the molecule is CC(C)n1c(=O)c(Nc2ccc(F)c(F)c2)nc2ccncc21. The van der Waals surface area contributed by atoms with Crippen molar-refractivity contribution in [1.82, 2.24) is 14.5 Å². The van der Waals surface area contributed by atoms with Crippen LogP contribution in [0.4, 0.5) is 20.3 Å². The van der Waals surface area contributed by atoms with E-state index in [4.69, 9.17) is 0 Å². The van der Waals surface area contributed by atoms with Gasteiger partial charge in [-0.3, -0.25) is 14.3 Å². The van der Waals surface area contributed by atoms with E-state index in [0.717, 1.165) is 12.1 Å². The van der Waals surface area contributed by atoms with Gasteiger partial charge in [-0.25, -0.2) is 13.8 Å². The number of benzene rings is 1. The molecule has 2 aromatic heterocycles. The highest BCUT2D eigenvalue weighted by molar-refractivity contribution is 5.76. The summed E-state index contributed by atoms with van der Waals surface area (Å²) >= 11 is 0. The molecule has 0 saturated carbocycles. The lowest BCUT2D eigenvalue weighted by atomic mass is 10.3. The minimum Gasteiger partial charge on any atom is -0.335 e. The molecule has 0 atom stereocenters. The van der Waals surface area contributed by atoms with E-state index in [1.165, 1.54) is 6.07 Å². The Hall–Kier alpha value is -2.83. The molecule has 0 unspecified atom stereocenters. The number of aromatic nitrogens is 3. The van der Waals surface area contributed by atoms with Gasteiger partial charge in [-0.2, -0.15) is 0 Å². The molecule has 1 N–H and O–H groups in total. The first kappa shape index (κ1) is 15.1. The van der Waals surface area contributed by atoms with Crippen LogP contribution >= 0.6 is 0 Å². The van der Waals surface area contributed by atoms with Gasteiger partial charge in [0.2, 0.25) is 0 Å². The zero-order chi connectivity index (χ0) is 16.6. The second-order valence-electron chi connectivity index (χ2n) is 5.35. The Labute approximate surface area is 130 Å². The number of nitrogens with one attached hydrogen (secondary N) is 1. The van der Waals surface area contributed by atoms with E-state index in [2.05, 4.69) is 15.3 Å². The van der Waals surface area contributed by atoms with E-state index in [-0.39, 0.29) is 23.1 Å². The molecule has 23 heavy (non-hydrogen) atoms. The maximum absolute atomic E-state index is 13.3. The molecule has 0 aliphatic rings. The minimum atomic E-state index is -0.996. The molecule has 0 bridgehead atoms. The monoisotopic (exact) mass is 316 g/mol. The van der Waals surface area contributed by atoms with E-state index >= 15 is 0 Å². The molecule has 0 spiro atoms. The summed E-state index contributed by atoms with van der Waals surface area (Å²) in [5.74, 6) is -1.90. The highest BCUT2D eigenvalue weighted by Gasteiger charge is 2.14. The quantitative estimate of drug-likeness (QED) is 0.804. The lowest BCUT2D eigenvalue weighted by Crippen LogP contribution is -2.26. The van der Waals surface area contributed by atoms with Gasteiger partial charge in [0.25, 0.3) is 5.56 Å². The number of hydrogen-bond donors (Lipinski definition) is 1. The summed E-state index contributed by atoms with van der Waals surface area (Å²) in [7, 11) is 0. The Morgan fingerprint density at radius 3 is 2.65 bits per heavy atom. The molecule has 3 rings (SSSR count). The Morgan fingerprint density at radius 1 is 1.17 bits per heavy atom. The van der Waals surface area contributed by atoms with Crippen LogP contribution < -0.4 is 10.9 Å². The highest BCUT2D eigenvalue weighted by atomic mass is 19.2. The van der Waals surface area contributed by atoms with Crippen molar-refractivity contribution < 1.29 is 8.78 Å². The first-order valence-electron chi connectivity index (χ1n) is 7.05. The van der Waals surface area contributed by atoms with Gasteiger partial charge >= 0.3 is 0 Å². The minimum absolute atomic E-state index is 0.0448. The van der Waals surface area contributed by atoms with Crippen LogP contribution in [-0.4, -0.2) is 14.5 Å². The molecule has 1 aromatic carbocycles. The molecular weight excluding hydrogens is 302 g/mol. The standard InChI is InChI=1S/C16H14F2N4O/c1-9(2)22-14-8-19-6-5-13(14)21-15(16(22)23)20-10-3-4-11(17)12(18)7-10/h3-9H,1-2H3,(H,20,21). The fourth-order valence-electron chi connectivity index (χ4n) is 2.36. The molecule has 0 amide bonds. The predicted molar refractivity (Wildman–Crippen MR) is 83.8 cm³/mol. The van der Waals surface area contributed by atoms with Crippen molar-refractivity contribution in [2.45, 2.75) is 19.9 Å². The fourth-order valence-corrected chi connectivity index (χ4v) is 2.36. The van der Waals surface area contributed by atoms with E-state index in [1.54, 1.807) is 23.0 Å². The van der Waals surface area contributed by atoms with Crippen LogP contribution in [0.5, 0.6) is 0 Å². The van der Waals surface area contributed by atoms with Gasteiger partial charge in [0.15, 0.2) is 17.5 Å². The topological polar surface area (TPSA) is 59.8 Å². The van der Waals surface area contributed by atoms with Crippen molar-refractivity contribution in [2.75, 3.05) is 5.32 Å². The lowest BCUT2D eigenvalue weighted by Gasteiger charge is -2.15. The van der Waals surface area contributed by atoms with Crippen LogP contribution in [0, 0.1) is 11.6 Å². The highest BCUT2D eigenvalue weighted by Crippen LogP contribution is 2.19.